The fourth-order valence-corrected chi connectivity index (χ4v) is 5.70. The lowest BCUT2D eigenvalue weighted by Gasteiger charge is -2.37. The lowest BCUT2D eigenvalue weighted by Crippen LogP contribution is -2.48. The van der Waals surface area contributed by atoms with Gasteiger partial charge in [0.1, 0.15) is 11.6 Å². The summed E-state index contributed by atoms with van der Waals surface area (Å²) in [6.45, 7) is 16.5. The Labute approximate surface area is 218 Å². The van der Waals surface area contributed by atoms with E-state index in [1.54, 1.807) is 7.11 Å². The maximum absolute atomic E-state index is 12.4. The fourth-order valence-electron chi connectivity index (χ4n) is 5.70. The number of carbonyl (C=O) groups is 1. The molecule has 7 nitrogen and oxygen atoms in total. The summed E-state index contributed by atoms with van der Waals surface area (Å²) < 4.78 is 5.31. The van der Waals surface area contributed by atoms with Crippen molar-refractivity contribution in [2.24, 2.45) is 11.8 Å². The molecule has 0 bridgehead atoms. The van der Waals surface area contributed by atoms with Gasteiger partial charge in [0.2, 0.25) is 5.91 Å². The third-order valence-electron chi connectivity index (χ3n) is 8.54. The first kappa shape index (κ1) is 27.3. The van der Waals surface area contributed by atoms with Crippen LogP contribution < -0.4 is 10.2 Å². The first-order valence-corrected chi connectivity index (χ1v) is 14.3. The molecule has 3 fully saturated rings. The zero-order valence-electron chi connectivity index (χ0n) is 23.6. The van der Waals surface area contributed by atoms with Gasteiger partial charge in [-0.2, -0.15) is 0 Å². The lowest BCUT2D eigenvalue weighted by atomic mass is 9.80. The number of amides is 1. The Morgan fingerprint density at radius 1 is 1.08 bits per heavy atom. The van der Waals surface area contributed by atoms with E-state index in [0.717, 1.165) is 75.1 Å². The van der Waals surface area contributed by atoms with Gasteiger partial charge in [-0.25, -0.2) is 9.97 Å². The summed E-state index contributed by atoms with van der Waals surface area (Å²) in [5, 5.41) is 3.32. The highest BCUT2D eigenvalue weighted by Gasteiger charge is 2.35. The molecule has 1 aromatic rings. The van der Waals surface area contributed by atoms with E-state index >= 15 is 0 Å². The molecular formula is C29H49N5O2. The zero-order chi connectivity index (χ0) is 25.9. The van der Waals surface area contributed by atoms with Gasteiger partial charge in [0.15, 0.2) is 0 Å². The zero-order valence-corrected chi connectivity index (χ0v) is 23.6. The maximum Gasteiger partial charge on any atom is 0.223 e. The number of ether oxygens (including phenoxy) is 1. The van der Waals surface area contributed by atoms with E-state index in [1.807, 2.05) is 0 Å². The first-order valence-electron chi connectivity index (χ1n) is 14.3. The minimum absolute atomic E-state index is 0.0480. The van der Waals surface area contributed by atoms with Gasteiger partial charge in [0.25, 0.3) is 0 Å². The third-order valence-corrected chi connectivity index (χ3v) is 8.54. The molecule has 0 unspecified atom stereocenters. The van der Waals surface area contributed by atoms with Crippen molar-refractivity contribution in [3.8, 4) is 0 Å². The van der Waals surface area contributed by atoms with Gasteiger partial charge in [0, 0.05) is 62.4 Å². The molecule has 0 aromatic carbocycles. The van der Waals surface area contributed by atoms with Gasteiger partial charge in [0.05, 0.1) is 6.10 Å². The van der Waals surface area contributed by atoms with Crippen LogP contribution in [-0.2, 0) is 14.9 Å². The van der Waals surface area contributed by atoms with E-state index in [0.29, 0.717) is 12.0 Å². The number of nitrogens with one attached hydrogen (secondary N) is 1. The molecule has 1 saturated heterocycles. The molecule has 1 aliphatic heterocycles. The Hall–Kier alpha value is -1.73. The van der Waals surface area contributed by atoms with Crippen molar-refractivity contribution in [3.63, 3.8) is 0 Å². The highest BCUT2D eigenvalue weighted by Crippen LogP contribution is 2.32. The standard InChI is InChI=1S/C29H49N5O2/c1-20(2)25-19-26(32-28(31-25)29(3,4)5)34-15-13-33(14-16-34)12-11-21-7-9-23(10-8-21)30-27(35)22-17-24(18-22)36-6/h19-24H,7-18H2,1-6H3,(H,30,35)/t21?,22-,23?,24-. The molecular weight excluding hydrogens is 450 g/mol. The van der Waals surface area contributed by atoms with Crippen LogP contribution >= 0.6 is 0 Å². The van der Waals surface area contributed by atoms with Crippen molar-refractivity contribution in [1.29, 1.82) is 0 Å². The number of hydrogen-bond donors (Lipinski definition) is 1. The van der Waals surface area contributed by atoms with E-state index in [-0.39, 0.29) is 23.3 Å². The third kappa shape index (κ3) is 6.97. The minimum atomic E-state index is -0.0480. The van der Waals surface area contributed by atoms with E-state index in [2.05, 4.69) is 55.8 Å². The quantitative estimate of drug-likeness (QED) is 0.568. The molecule has 1 amide bonds. The van der Waals surface area contributed by atoms with Crippen molar-refractivity contribution in [2.45, 2.75) is 103 Å². The number of piperazine rings is 1. The second-order valence-electron chi connectivity index (χ2n) is 12.7. The summed E-state index contributed by atoms with van der Waals surface area (Å²) in [6, 6.07) is 2.58. The second-order valence-corrected chi connectivity index (χ2v) is 12.7. The largest absolute Gasteiger partial charge is 0.381 e. The van der Waals surface area contributed by atoms with Crippen molar-refractivity contribution in [1.82, 2.24) is 20.2 Å². The fraction of sp³-hybridized carbons (Fsp3) is 0.828. The monoisotopic (exact) mass is 499 g/mol. The molecule has 202 valence electrons. The summed E-state index contributed by atoms with van der Waals surface area (Å²) in [6.07, 6.45) is 8.09. The van der Waals surface area contributed by atoms with Gasteiger partial charge in [-0.05, 0) is 63.3 Å². The lowest BCUT2D eigenvalue weighted by molar-refractivity contribution is -0.133. The Morgan fingerprint density at radius 2 is 1.75 bits per heavy atom. The number of rotatable bonds is 8. The molecule has 2 heterocycles. The molecule has 0 radical (unpaired) electrons. The van der Waals surface area contributed by atoms with Crippen LogP contribution in [0.2, 0.25) is 0 Å². The average Bonchev–Trinajstić information content (AvgIpc) is 2.82. The van der Waals surface area contributed by atoms with Crippen molar-refractivity contribution in [3.05, 3.63) is 17.6 Å². The minimum Gasteiger partial charge on any atom is -0.381 e. The summed E-state index contributed by atoms with van der Waals surface area (Å²) in [5.41, 5.74) is 1.10. The summed E-state index contributed by atoms with van der Waals surface area (Å²) in [5.74, 6) is 3.67. The number of anilines is 1. The molecule has 2 aliphatic carbocycles. The number of hydrogen-bond acceptors (Lipinski definition) is 6. The van der Waals surface area contributed by atoms with Crippen molar-refractivity contribution < 1.29 is 9.53 Å². The van der Waals surface area contributed by atoms with E-state index in [9.17, 15) is 4.79 Å². The van der Waals surface area contributed by atoms with Crippen molar-refractivity contribution in [2.75, 3.05) is 44.7 Å². The summed E-state index contributed by atoms with van der Waals surface area (Å²) in [4.78, 5) is 27.3. The van der Waals surface area contributed by atoms with Crippen LogP contribution in [0.15, 0.2) is 6.07 Å². The van der Waals surface area contributed by atoms with Crippen LogP contribution in [0.5, 0.6) is 0 Å². The SMILES string of the molecule is CO[C@H]1C[C@H](C(=O)NC2CCC(CCN3CCN(c4cc(C(C)C)nc(C(C)(C)C)n4)CC3)CC2)C1. The Bertz CT molecular complexity index is 861. The van der Waals surface area contributed by atoms with Crippen LogP contribution in [0.3, 0.4) is 0 Å². The molecule has 1 N–H and O–H groups in total. The predicted molar refractivity (Wildman–Crippen MR) is 146 cm³/mol. The van der Waals surface area contributed by atoms with Gasteiger partial charge in [-0.1, -0.05) is 34.6 Å². The molecule has 4 rings (SSSR count). The van der Waals surface area contributed by atoms with Gasteiger partial charge < -0.3 is 15.0 Å². The molecule has 0 spiro atoms. The number of nitrogens with zero attached hydrogens (tertiary/aromatic N) is 4. The van der Waals surface area contributed by atoms with Crippen LogP contribution in [0.25, 0.3) is 0 Å². The number of carbonyl (C=O) groups excluding carboxylic acids is 1. The Balaban J connectivity index is 1.18. The first-order chi connectivity index (χ1) is 17.1. The highest BCUT2D eigenvalue weighted by molar-refractivity contribution is 5.80. The van der Waals surface area contributed by atoms with E-state index < -0.39 is 0 Å². The molecule has 36 heavy (non-hydrogen) atoms. The molecule has 3 aliphatic rings. The molecule has 0 atom stereocenters. The number of aromatic nitrogens is 2. The van der Waals surface area contributed by atoms with Gasteiger partial charge >= 0.3 is 0 Å². The van der Waals surface area contributed by atoms with Crippen LogP contribution in [-0.4, -0.2) is 72.8 Å². The van der Waals surface area contributed by atoms with Gasteiger partial charge in [-0.15, -0.1) is 0 Å². The topological polar surface area (TPSA) is 70.6 Å². The van der Waals surface area contributed by atoms with Crippen LogP contribution in [0.1, 0.15) is 97.0 Å². The second kappa shape index (κ2) is 11.8. The summed E-state index contributed by atoms with van der Waals surface area (Å²) >= 11 is 0. The number of methoxy groups -OCH3 is 1. The normalized spacial score (nSPS) is 27.7. The summed E-state index contributed by atoms with van der Waals surface area (Å²) in [7, 11) is 1.74. The van der Waals surface area contributed by atoms with Crippen molar-refractivity contribution >= 4 is 11.7 Å². The van der Waals surface area contributed by atoms with E-state index in [1.165, 1.54) is 25.8 Å². The van der Waals surface area contributed by atoms with E-state index in [4.69, 9.17) is 14.7 Å². The maximum atomic E-state index is 12.4. The Morgan fingerprint density at radius 3 is 2.33 bits per heavy atom. The highest BCUT2D eigenvalue weighted by atomic mass is 16.5. The smallest absolute Gasteiger partial charge is 0.223 e. The molecule has 1 aromatic heterocycles. The molecule has 2 saturated carbocycles. The van der Waals surface area contributed by atoms with Crippen LogP contribution in [0.4, 0.5) is 5.82 Å². The van der Waals surface area contributed by atoms with Crippen LogP contribution in [0, 0.1) is 11.8 Å². The predicted octanol–water partition coefficient (Wildman–Crippen LogP) is 4.51. The Kier molecular flexibility index (Phi) is 8.92. The van der Waals surface area contributed by atoms with Gasteiger partial charge in [-0.3, -0.25) is 9.69 Å². The molecule has 7 heteroatoms. The average molecular weight is 500 g/mol.